The third-order valence-electron chi connectivity index (χ3n) is 3.26. The average Bonchev–Trinajstić information content (AvgIpc) is 2.96. The number of rotatable bonds is 3. The van der Waals surface area contributed by atoms with Crippen LogP contribution >= 0.6 is 0 Å². The number of benzene rings is 1. The zero-order chi connectivity index (χ0) is 18.3. The molecule has 3 rings (SSSR count). The lowest BCUT2D eigenvalue weighted by atomic mass is 10.2. The van der Waals surface area contributed by atoms with Crippen molar-refractivity contribution >= 4 is 23.4 Å². The lowest BCUT2D eigenvalue weighted by Crippen LogP contribution is -2.41. The van der Waals surface area contributed by atoms with Crippen molar-refractivity contribution in [3.05, 3.63) is 24.2 Å². The summed E-state index contributed by atoms with van der Waals surface area (Å²) in [4.78, 5) is 26.2. The number of anilines is 2. The molecule has 0 unspecified atom stereocenters. The van der Waals surface area contributed by atoms with Crippen molar-refractivity contribution in [1.82, 2.24) is 0 Å². The molecule has 21 heavy (non-hydrogen) atoms. The minimum absolute atomic E-state index is 0.0435. The van der Waals surface area contributed by atoms with Crippen LogP contribution in [0.1, 0.15) is 5.48 Å². The van der Waals surface area contributed by atoms with Crippen molar-refractivity contribution in [2.45, 2.75) is 6.10 Å². The van der Waals surface area contributed by atoms with E-state index in [1.165, 1.54) is 4.90 Å². The molecule has 2 heterocycles. The minimum atomic E-state index is -0.772. The Morgan fingerprint density at radius 1 is 1.24 bits per heavy atom. The Morgan fingerprint density at radius 3 is 2.48 bits per heavy atom. The molecule has 1 aromatic rings. The standard InChI is InChI=1S/C14H17N3O4/c15-7-12-8-17(14(19)21-12)11-3-1-10(2-4-11)16-5-6-20-9-13(16)18/h1-4,12H,5-9,15H2/t12-/m0/s1/i1D,2D,3D,4D. The molecule has 1 aromatic carbocycles. The van der Waals surface area contributed by atoms with Crippen molar-refractivity contribution in [2.75, 3.05) is 42.6 Å². The van der Waals surface area contributed by atoms with Crippen LogP contribution in [-0.4, -0.2) is 51.0 Å². The van der Waals surface area contributed by atoms with Gasteiger partial charge in [-0.1, -0.05) is 0 Å². The predicted molar refractivity (Wildman–Crippen MR) is 76.3 cm³/mol. The lowest BCUT2D eigenvalue weighted by molar-refractivity contribution is -0.125. The fourth-order valence-corrected chi connectivity index (χ4v) is 2.15. The van der Waals surface area contributed by atoms with Gasteiger partial charge in [0.05, 0.1) is 18.6 Å². The Balaban J connectivity index is 2.09. The molecule has 2 fully saturated rings. The van der Waals surface area contributed by atoms with E-state index in [0.29, 0.717) is 0 Å². The van der Waals surface area contributed by atoms with Crippen LogP contribution < -0.4 is 15.5 Å². The summed E-state index contributed by atoms with van der Waals surface area (Å²) >= 11 is 0. The summed E-state index contributed by atoms with van der Waals surface area (Å²) in [6, 6.07) is -1.61. The van der Waals surface area contributed by atoms with Gasteiger partial charge in [0.25, 0.3) is 5.91 Å². The van der Waals surface area contributed by atoms with Gasteiger partial charge in [-0.05, 0) is 24.2 Å². The molecule has 2 saturated heterocycles. The fraction of sp³-hybridized carbons (Fsp3) is 0.429. The predicted octanol–water partition coefficient (Wildman–Crippen LogP) is 0.334. The van der Waals surface area contributed by atoms with Crippen LogP contribution in [0.15, 0.2) is 24.2 Å². The summed E-state index contributed by atoms with van der Waals surface area (Å²) in [6.07, 6.45) is -1.35. The zero-order valence-corrected chi connectivity index (χ0v) is 11.2. The summed E-state index contributed by atoms with van der Waals surface area (Å²) in [6.45, 7) is 0.323. The summed E-state index contributed by atoms with van der Waals surface area (Å²) in [7, 11) is 0. The maximum atomic E-state index is 12.0. The smallest absolute Gasteiger partial charge is 0.414 e. The van der Waals surface area contributed by atoms with E-state index >= 15 is 0 Å². The van der Waals surface area contributed by atoms with E-state index in [1.807, 2.05) is 0 Å². The molecule has 2 aliphatic heterocycles. The SMILES string of the molecule is [2H]c1c([2H])c(N2C[C@H](CN)OC2=O)c([2H])c([2H])c1N1CCOCC1=O. The lowest BCUT2D eigenvalue weighted by Gasteiger charge is -2.27. The normalized spacial score (nSPS) is 25.3. The molecule has 0 saturated carbocycles. The molecule has 2 aliphatic rings. The first-order valence-electron chi connectivity index (χ1n) is 8.53. The third-order valence-corrected chi connectivity index (χ3v) is 3.26. The van der Waals surface area contributed by atoms with Crippen LogP contribution in [0.25, 0.3) is 0 Å². The van der Waals surface area contributed by atoms with E-state index in [4.69, 9.17) is 20.7 Å². The average molecular weight is 295 g/mol. The number of cyclic esters (lactones) is 1. The fourth-order valence-electron chi connectivity index (χ4n) is 2.15. The number of carbonyl (C=O) groups excluding carboxylic acids is 2. The van der Waals surface area contributed by atoms with Gasteiger partial charge in [0.15, 0.2) is 0 Å². The Bertz CT molecular complexity index is 716. The van der Waals surface area contributed by atoms with Gasteiger partial charge >= 0.3 is 6.09 Å². The molecule has 0 aliphatic carbocycles. The summed E-state index contributed by atoms with van der Waals surface area (Å²) in [5.74, 6) is -0.441. The number of morpholine rings is 1. The van der Waals surface area contributed by atoms with Gasteiger partial charge in [-0.2, -0.15) is 0 Å². The number of nitrogens with zero attached hydrogens (tertiary/aromatic N) is 2. The second-order valence-electron chi connectivity index (χ2n) is 4.65. The second kappa shape index (κ2) is 5.71. The molecule has 2 N–H and O–H groups in total. The maximum Gasteiger partial charge on any atom is 0.414 e. The number of nitrogens with two attached hydrogens (primary N) is 1. The zero-order valence-electron chi connectivity index (χ0n) is 15.2. The number of ether oxygens (including phenoxy) is 2. The number of carbonyl (C=O) groups is 2. The van der Waals surface area contributed by atoms with Gasteiger partial charge in [0.2, 0.25) is 0 Å². The van der Waals surface area contributed by atoms with Crippen molar-refractivity contribution in [3.63, 3.8) is 0 Å². The molecular formula is C14H17N3O4. The van der Waals surface area contributed by atoms with E-state index in [-0.39, 0.29) is 44.2 Å². The Kier molecular flexibility index (Phi) is 2.65. The highest BCUT2D eigenvalue weighted by Crippen LogP contribution is 2.25. The second-order valence-corrected chi connectivity index (χ2v) is 4.65. The van der Waals surface area contributed by atoms with Crippen LogP contribution in [-0.2, 0) is 14.3 Å². The van der Waals surface area contributed by atoms with Gasteiger partial charge in [-0.25, -0.2) is 4.79 Å². The Hall–Kier alpha value is -2.12. The van der Waals surface area contributed by atoms with Crippen LogP contribution in [0.5, 0.6) is 0 Å². The van der Waals surface area contributed by atoms with Crippen molar-refractivity contribution in [1.29, 1.82) is 0 Å². The number of hydrogen-bond donors (Lipinski definition) is 1. The molecule has 1 atom stereocenters. The van der Waals surface area contributed by atoms with Gasteiger partial charge in [0, 0.05) is 24.5 Å². The van der Waals surface area contributed by atoms with Gasteiger partial charge in [-0.15, -0.1) is 0 Å². The highest BCUT2D eigenvalue weighted by Gasteiger charge is 2.31. The van der Waals surface area contributed by atoms with Crippen molar-refractivity contribution in [2.24, 2.45) is 5.73 Å². The molecule has 0 radical (unpaired) electrons. The van der Waals surface area contributed by atoms with E-state index in [0.717, 1.165) is 4.90 Å². The van der Waals surface area contributed by atoms with Crippen molar-refractivity contribution < 1.29 is 24.5 Å². The van der Waals surface area contributed by atoms with Gasteiger partial charge < -0.3 is 20.1 Å². The molecule has 0 aromatic heterocycles. The molecule has 0 spiro atoms. The van der Waals surface area contributed by atoms with Crippen LogP contribution in [0.4, 0.5) is 16.2 Å². The van der Waals surface area contributed by atoms with E-state index in [2.05, 4.69) is 0 Å². The topological polar surface area (TPSA) is 85.1 Å². The third kappa shape index (κ3) is 2.70. The van der Waals surface area contributed by atoms with E-state index in [1.54, 1.807) is 0 Å². The first kappa shape index (κ1) is 9.75. The van der Waals surface area contributed by atoms with Gasteiger partial charge in [0.1, 0.15) is 12.7 Å². The molecule has 2 amide bonds. The monoisotopic (exact) mass is 295 g/mol. The first-order chi connectivity index (χ1) is 11.9. The largest absolute Gasteiger partial charge is 0.443 e. The first-order valence-corrected chi connectivity index (χ1v) is 6.53. The van der Waals surface area contributed by atoms with Crippen LogP contribution in [0, 0.1) is 0 Å². The van der Waals surface area contributed by atoms with Crippen LogP contribution in [0.3, 0.4) is 0 Å². The van der Waals surface area contributed by atoms with Gasteiger partial charge in [-0.3, -0.25) is 9.69 Å². The summed E-state index contributed by atoms with van der Waals surface area (Å²) in [5, 5.41) is 0. The Morgan fingerprint density at radius 2 is 1.90 bits per heavy atom. The van der Waals surface area contributed by atoms with E-state index < -0.39 is 42.3 Å². The molecule has 7 nitrogen and oxygen atoms in total. The van der Waals surface area contributed by atoms with Crippen molar-refractivity contribution in [3.8, 4) is 0 Å². The molecule has 112 valence electrons. The quantitative estimate of drug-likeness (QED) is 0.869. The molecular weight excluding hydrogens is 274 g/mol. The minimum Gasteiger partial charge on any atom is -0.443 e. The van der Waals surface area contributed by atoms with Crippen LogP contribution in [0.2, 0.25) is 0 Å². The summed E-state index contributed by atoms with van der Waals surface area (Å²) < 4.78 is 42.8. The highest BCUT2D eigenvalue weighted by molar-refractivity contribution is 5.95. The Labute approximate surface area is 127 Å². The molecule has 7 heteroatoms. The highest BCUT2D eigenvalue weighted by atomic mass is 16.6. The number of amides is 2. The number of hydrogen-bond acceptors (Lipinski definition) is 5. The molecule has 0 bridgehead atoms. The summed E-state index contributed by atoms with van der Waals surface area (Å²) in [5.41, 5.74) is 5.19. The maximum absolute atomic E-state index is 12.0. The van der Waals surface area contributed by atoms with E-state index in [9.17, 15) is 9.59 Å².